The molecule has 7 heteroatoms. The lowest BCUT2D eigenvalue weighted by atomic mass is 10.3. The third-order valence-electron chi connectivity index (χ3n) is 3.65. The Morgan fingerprint density at radius 3 is 2.77 bits per heavy atom. The molecular weight excluding hydrogens is 282 g/mol. The minimum Gasteiger partial charge on any atom is -0.494 e. The number of hydrogen-bond acceptors (Lipinski definition) is 7. The van der Waals surface area contributed by atoms with Crippen LogP contribution in [0.2, 0.25) is 0 Å². The highest BCUT2D eigenvalue weighted by molar-refractivity contribution is 5.40. The van der Waals surface area contributed by atoms with Crippen molar-refractivity contribution in [2.24, 2.45) is 0 Å². The van der Waals surface area contributed by atoms with Gasteiger partial charge in [-0.1, -0.05) is 6.92 Å². The monoisotopic (exact) mass is 301 g/mol. The van der Waals surface area contributed by atoms with Gasteiger partial charge in [-0.25, -0.2) is 9.97 Å². The maximum atomic E-state index is 5.82. The number of aryl methyl sites for hydroxylation is 1. The molecule has 3 heterocycles. The molecule has 0 bridgehead atoms. The zero-order valence-corrected chi connectivity index (χ0v) is 12.8. The van der Waals surface area contributed by atoms with E-state index in [2.05, 4.69) is 31.8 Å². The van der Waals surface area contributed by atoms with E-state index >= 15 is 0 Å². The summed E-state index contributed by atoms with van der Waals surface area (Å²) in [6.45, 7) is 3.76. The highest BCUT2D eigenvalue weighted by atomic mass is 16.5. The van der Waals surface area contributed by atoms with Gasteiger partial charge in [0.1, 0.15) is 18.2 Å². The van der Waals surface area contributed by atoms with Gasteiger partial charge in [0.05, 0.1) is 26.0 Å². The molecule has 0 radical (unpaired) electrons. The topological polar surface area (TPSA) is 73.3 Å². The van der Waals surface area contributed by atoms with Crippen LogP contribution in [0, 0.1) is 0 Å². The van der Waals surface area contributed by atoms with Gasteiger partial charge >= 0.3 is 6.01 Å². The predicted molar refractivity (Wildman–Crippen MR) is 81.2 cm³/mol. The first-order valence-corrected chi connectivity index (χ1v) is 7.37. The van der Waals surface area contributed by atoms with E-state index in [1.54, 1.807) is 25.8 Å². The summed E-state index contributed by atoms with van der Waals surface area (Å²) < 4.78 is 10.9. The summed E-state index contributed by atoms with van der Waals surface area (Å²) in [6, 6.07) is 2.41. The van der Waals surface area contributed by atoms with Gasteiger partial charge in [-0.2, -0.15) is 9.97 Å². The van der Waals surface area contributed by atoms with E-state index in [0.717, 1.165) is 37.4 Å². The van der Waals surface area contributed by atoms with Crippen molar-refractivity contribution in [3.8, 4) is 11.8 Å². The van der Waals surface area contributed by atoms with Crippen molar-refractivity contribution < 1.29 is 9.47 Å². The van der Waals surface area contributed by atoms with E-state index in [4.69, 9.17) is 9.47 Å². The Balaban J connectivity index is 1.61. The maximum Gasteiger partial charge on any atom is 0.316 e. The zero-order chi connectivity index (χ0) is 15.4. The van der Waals surface area contributed by atoms with E-state index in [0.29, 0.717) is 11.8 Å². The number of ether oxygens (including phenoxy) is 2. The van der Waals surface area contributed by atoms with Gasteiger partial charge in [-0.05, 0) is 6.42 Å². The quantitative estimate of drug-likeness (QED) is 0.828. The lowest BCUT2D eigenvalue weighted by Gasteiger charge is -2.17. The number of hydrogen-bond donors (Lipinski definition) is 0. The second kappa shape index (κ2) is 6.55. The third-order valence-corrected chi connectivity index (χ3v) is 3.65. The van der Waals surface area contributed by atoms with Gasteiger partial charge in [-0.15, -0.1) is 0 Å². The van der Waals surface area contributed by atoms with Crippen LogP contribution in [0.15, 0.2) is 24.8 Å². The van der Waals surface area contributed by atoms with Gasteiger partial charge in [0.15, 0.2) is 5.75 Å². The average molecular weight is 301 g/mol. The van der Waals surface area contributed by atoms with Crippen LogP contribution < -0.4 is 14.4 Å². The highest BCUT2D eigenvalue weighted by Gasteiger charge is 2.25. The van der Waals surface area contributed by atoms with Crippen molar-refractivity contribution in [3.63, 3.8) is 0 Å². The molecule has 1 atom stereocenters. The number of aromatic nitrogens is 4. The first-order valence-electron chi connectivity index (χ1n) is 7.37. The molecule has 0 N–H and O–H groups in total. The molecule has 22 heavy (non-hydrogen) atoms. The molecular formula is C15H19N5O2. The van der Waals surface area contributed by atoms with E-state index < -0.39 is 0 Å². The summed E-state index contributed by atoms with van der Waals surface area (Å²) in [5.74, 6) is 1.57. The Labute approximate surface area is 129 Å². The molecule has 0 aliphatic carbocycles. The summed E-state index contributed by atoms with van der Waals surface area (Å²) in [4.78, 5) is 19.1. The summed E-state index contributed by atoms with van der Waals surface area (Å²) in [5.41, 5.74) is 1.05. The maximum absolute atomic E-state index is 5.82. The van der Waals surface area contributed by atoms with Crippen LogP contribution >= 0.6 is 0 Å². The van der Waals surface area contributed by atoms with Gasteiger partial charge in [-0.3, -0.25) is 0 Å². The fourth-order valence-electron chi connectivity index (χ4n) is 2.40. The Morgan fingerprint density at radius 2 is 2.05 bits per heavy atom. The van der Waals surface area contributed by atoms with Crippen LogP contribution in [0.25, 0.3) is 0 Å². The van der Waals surface area contributed by atoms with Crippen molar-refractivity contribution in [3.05, 3.63) is 30.5 Å². The molecule has 1 aliphatic rings. The largest absolute Gasteiger partial charge is 0.494 e. The molecule has 0 saturated carbocycles. The Bertz CT molecular complexity index is 620. The lowest BCUT2D eigenvalue weighted by molar-refractivity contribution is 0.205. The van der Waals surface area contributed by atoms with Gasteiger partial charge in [0.25, 0.3) is 0 Å². The minimum absolute atomic E-state index is 0.0634. The van der Waals surface area contributed by atoms with Crippen molar-refractivity contribution >= 4 is 5.82 Å². The molecule has 1 saturated heterocycles. The van der Waals surface area contributed by atoms with Gasteiger partial charge < -0.3 is 14.4 Å². The highest BCUT2D eigenvalue weighted by Crippen LogP contribution is 2.21. The molecule has 1 aliphatic heterocycles. The first-order chi connectivity index (χ1) is 10.8. The Morgan fingerprint density at radius 1 is 1.23 bits per heavy atom. The van der Waals surface area contributed by atoms with Crippen molar-refractivity contribution in [1.29, 1.82) is 0 Å². The Kier molecular flexibility index (Phi) is 4.32. The van der Waals surface area contributed by atoms with Gasteiger partial charge in [0, 0.05) is 24.7 Å². The summed E-state index contributed by atoms with van der Waals surface area (Å²) >= 11 is 0. The van der Waals surface area contributed by atoms with Crippen LogP contribution in [0.1, 0.15) is 19.0 Å². The fraction of sp³-hybridized carbons (Fsp3) is 0.467. The molecule has 2 aromatic rings. The second-order valence-corrected chi connectivity index (χ2v) is 5.10. The SMILES string of the molecule is CCc1cc(N2CCC(Oc3ncc(OC)cn3)C2)ncn1. The summed E-state index contributed by atoms with van der Waals surface area (Å²) in [6.07, 6.45) is 6.71. The second-order valence-electron chi connectivity index (χ2n) is 5.10. The van der Waals surface area contributed by atoms with Crippen molar-refractivity contribution in [2.75, 3.05) is 25.1 Å². The number of anilines is 1. The average Bonchev–Trinajstić information content (AvgIpc) is 3.04. The van der Waals surface area contributed by atoms with E-state index in [1.807, 2.05) is 6.07 Å². The minimum atomic E-state index is 0.0634. The van der Waals surface area contributed by atoms with Crippen LogP contribution in [-0.4, -0.2) is 46.2 Å². The number of methoxy groups -OCH3 is 1. The summed E-state index contributed by atoms with van der Waals surface area (Å²) in [7, 11) is 1.58. The molecule has 7 nitrogen and oxygen atoms in total. The molecule has 3 rings (SSSR count). The van der Waals surface area contributed by atoms with Gasteiger partial charge in [0.2, 0.25) is 0 Å². The molecule has 1 fully saturated rings. The van der Waals surface area contributed by atoms with E-state index in [-0.39, 0.29) is 6.10 Å². The van der Waals surface area contributed by atoms with Crippen molar-refractivity contribution in [2.45, 2.75) is 25.9 Å². The van der Waals surface area contributed by atoms with Crippen LogP contribution in [0.4, 0.5) is 5.82 Å². The first kappa shape index (κ1) is 14.5. The predicted octanol–water partition coefficient (Wildman–Crippen LogP) is 1.50. The molecule has 116 valence electrons. The molecule has 2 aromatic heterocycles. The third kappa shape index (κ3) is 3.24. The summed E-state index contributed by atoms with van der Waals surface area (Å²) in [5, 5.41) is 0. The standard InChI is InChI=1S/C15H19N5O2/c1-3-11-6-14(19-10-18-11)20-5-4-12(9-20)22-15-16-7-13(21-2)8-17-15/h6-8,10,12H,3-5,9H2,1-2H3. The Hall–Kier alpha value is -2.44. The van der Waals surface area contributed by atoms with E-state index in [1.165, 1.54) is 0 Å². The van der Waals surface area contributed by atoms with Crippen LogP contribution in [0.5, 0.6) is 11.8 Å². The number of rotatable bonds is 5. The smallest absolute Gasteiger partial charge is 0.316 e. The van der Waals surface area contributed by atoms with Crippen LogP contribution in [-0.2, 0) is 6.42 Å². The lowest BCUT2D eigenvalue weighted by Crippen LogP contribution is -2.25. The van der Waals surface area contributed by atoms with E-state index in [9.17, 15) is 0 Å². The zero-order valence-electron chi connectivity index (χ0n) is 12.8. The molecule has 0 aromatic carbocycles. The molecule has 0 amide bonds. The van der Waals surface area contributed by atoms with Crippen LogP contribution in [0.3, 0.4) is 0 Å². The fourth-order valence-corrected chi connectivity index (χ4v) is 2.40. The molecule has 0 spiro atoms. The normalized spacial score (nSPS) is 17.5. The number of nitrogens with zero attached hydrogens (tertiary/aromatic N) is 5. The van der Waals surface area contributed by atoms with Crippen molar-refractivity contribution in [1.82, 2.24) is 19.9 Å². The molecule has 1 unspecified atom stereocenters.